The summed E-state index contributed by atoms with van der Waals surface area (Å²) < 4.78 is 55.1. The number of hydrogen-bond acceptors (Lipinski definition) is 8. The zero-order valence-electron chi connectivity index (χ0n) is 21.1. The number of hydrogen-bond donors (Lipinski definition) is 2. The minimum Gasteiger partial charge on any atom is -0.465 e. The smallest absolute Gasteiger partial charge is 0.433 e. The lowest BCUT2D eigenvalue weighted by molar-refractivity contribution is -0.182. The van der Waals surface area contributed by atoms with Crippen LogP contribution in [0.25, 0.3) is 11.2 Å². The van der Waals surface area contributed by atoms with Gasteiger partial charge in [0.05, 0.1) is 25.5 Å². The topological polar surface area (TPSA) is 132 Å². The first-order valence-electron chi connectivity index (χ1n) is 12.1. The Hall–Kier alpha value is -4.11. The normalized spacial score (nSPS) is 16.6. The van der Waals surface area contributed by atoms with Gasteiger partial charge in [0.1, 0.15) is 27.8 Å². The summed E-state index contributed by atoms with van der Waals surface area (Å²) >= 11 is 6.62. The van der Waals surface area contributed by atoms with E-state index in [1.807, 2.05) is 0 Å². The van der Waals surface area contributed by atoms with Gasteiger partial charge in [-0.25, -0.2) is 14.8 Å². The van der Waals surface area contributed by atoms with Gasteiger partial charge in [-0.3, -0.25) is 9.58 Å². The maximum Gasteiger partial charge on any atom is 0.433 e. The van der Waals surface area contributed by atoms with Crippen LogP contribution in [0, 0.1) is 5.41 Å². The molecule has 0 bridgehead atoms. The fraction of sp³-hybridized carbons (Fsp3) is 0.375. The molecule has 4 aromatic rings. The molecule has 1 aliphatic heterocycles. The monoisotopic (exact) mass is 578 g/mol. The van der Waals surface area contributed by atoms with E-state index >= 15 is 0 Å². The molecule has 2 fully saturated rings. The van der Waals surface area contributed by atoms with Crippen LogP contribution in [-0.2, 0) is 18.0 Å². The minimum atomic E-state index is -4.58. The Labute approximate surface area is 229 Å². The largest absolute Gasteiger partial charge is 0.465 e. The van der Waals surface area contributed by atoms with Gasteiger partial charge in [0.25, 0.3) is 0 Å². The number of ether oxygens (including phenoxy) is 2. The Kier molecular flexibility index (Phi) is 6.03. The second-order valence-electron chi connectivity index (χ2n) is 9.93. The van der Waals surface area contributed by atoms with Gasteiger partial charge in [0.15, 0.2) is 17.2 Å². The number of pyridine rings is 2. The third-order valence-electron chi connectivity index (χ3n) is 7.15. The van der Waals surface area contributed by atoms with Crippen molar-refractivity contribution in [3.8, 4) is 11.5 Å². The number of imidazole rings is 1. The van der Waals surface area contributed by atoms with Crippen molar-refractivity contribution < 1.29 is 32.5 Å². The lowest BCUT2D eigenvalue weighted by Gasteiger charge is -2.53. The van der Waals surface area contributed by atoms with Gasteiger partial charge in [0.2, 0.25) is 5.95 Å². The fourth-order valence-corrected chi connectivity index (χ4v) is 5.27. The zero-order chi connectivity index (χ0) is 28.4. The van der Waals surface area contributed by atoms with E-state index < -0.39 is 18.0 Å². The summed E-state index contributed by atoms with van der Waals surface area (Å²) in [5, 5.41) is 16.4. The van der Waals surface area contributed by atoms with Crippen LogP contribution in [-0.4, -0.2) is 60.8 Å². The molecule has 0 unspecified atom stereocenters. The summed E-state index contributed by atoms with van der Waals surface area (Å²) in [6.45, 7) is 1.14. The lowest BCUT2D eigenvalue weighted by Crippen LogP contribution is -2.53. The summed E-state index contributed by atoms with van der Waals surface area (Å²) in [6.07, 6.45) is -1.89. The van der Waals surface area contributed by atoms with Crippen LogP contribution < -0.4 is 15.0 Å². The maximum absolute atomic E-state index is 13.8. The van der Waals surface area contributed by atoms with E-state index in [-0.39, 0.29) is 51.2 Å². The molecule has 12 nitrogen and oxygen atoms in total. The molecule has 210 valence electrons. The van der Waals surface area contributed by atoms with Crippen molar-refractivity contribution in [3.63, 3.8) is 0 Å². The average Bonchev–Trinajstić information content (AvgIpc) is 3.40. The number of anilines is 3. The van der Waals surface area contributed by atoms with Gasteiger partial charge in [-0.05, 0) is 18.9 Å². The first-order chi connectivity index (χ1) is 18.9. The van der Waals surface area contributed by atoms with Crippen LogP contribution in [0.15, 0.2) is 30.6 Å². The number of amides is 1. The highest BCUT2D eigenvalue weighted by molar-refractivity contribution is 6.36. The number of aromatic nitrogens is 6. The second kappa shape index (κ2) is 9.23. The van der Waals surface area contributed by atoms with Crippen molar-refractivity contribution in [1.82, 2.24) is 29.3 Å². The number of nitrogens with one attached hydrogen (secondary N) is 1. The standard InChI is InChI=1S/C24H22ClF3N8O4/c1-34(22(37)38)17-5-13(3-4-29-17)40-14-9-30-20-19(18(14)25)35(2)21(32-20)31-16-6-15(24(26,27)28)36(33-16)12-7-23(8-12)10-39-11-23/h3-6,9,12H,7-8,10-11H2,1-2H3,(H,37,38)(H,30,31,32,33). The predicted molar refractivity (Wildman–Crippen MR) is 136 cm³/mol. The van der Waals surface area contributed by atoms with E-state index in [0.29, 0.717) is 31.6 Å². The quantitative estimate of drug-likeness (QED) is 0.315. The van der Waals surface area contributed by atoms with Crippen LogP contribution in [0.5, 0.6) is 11.5 Å². The van der Waals surface area contributed by atoms with Crippen molar-refractivity contribution in [1.29, 1.82) is 0 Å². The van der Waals surface area contributed by atoms with Crippen molar-refractivity contribution in [2.45, 2.75) is 25.1 Å². The molecule has 1 aliphatic carbocycles. The van der Waals surface area contributed by atoms with E-state index in [9.17, 15) is 23.1 Å². The van der Waals surface area contributed by atoms with Crippen LogP contribution in [0.2, 0.25) is 5.02 Å². The Bertz CT molecular complexity index is 1630. The number of nitrogens with zero attached hydrogens (tertiary/aromatic N) is 7. The van der Waals surface area contributed by atoms with Crippen LogP contribution in [0.3, 0.4) is 0 Å². The highest BCUT2D eigenvalue weighted by atomic mass is 35.5. The maximum atomic E-state index is 13.8. The van der Waals surface area contributed by atoms with Gasteiger partial charge in [-0.2, -0.15) is 23.3 Å². The van der Waals surface area contributed by atoms with Gasteiger partial charge in [-0.1, -0.05) is 11.6 Å². The number of carbonyl (C=O) groups is 1. The summed E-state index contributed by atoms with van der Waals surface area (Å²) in [4.78, 5) is 24.8. The summed E-state index contributed by atoms with van der Waals surface area (Å²) in [5.74, 6) is 0.708. The Morgan fingerprint density at radius 1 is 1.30 bits per heavy atom. The number of aryl methyl sites for hydroxylation is 1. The highest BCUT2D eigenvalue weighted by Gasteiger charge is 2.52. The lowest BCUT2D eigenvalue weighted by atomic mass is 9.64. The molecule has 5 heterocycles. The van der Waals surface area contributed by atoms with Gasteiger partial charge in [0, 0.05) is 37.8 Å². The molecular formula is C24H22ClF3N8O4. The summed E-state index contributed by atoms with van der Waals surface area (Å²) in [7, 11) is 2.96. The summed E-state index contributed by atoms with van der Waals surface area (Å²) in [5.41, 5.74) is -0.285. The molecule has 1 amide bonds. The summed E-state index contributed by atoms with van der Waals surface area (Å²) in [6, 6.07) is 3.53. The third kappa shape index (κ3) is 4.44. The molecule has 4 aromatic heterocycles. The third-order valence-corrected chi connectivity index (χ3v) is 7.51. The predicted octanol–water partition coefficient (Wildman–Crippen LogP) is 5.23. The minimum absolute atomic E-state index is 0.0176. The number of fused-ring (bicyclic) bond motifs is 1. The molecule has 16 heteroatoms. The van der Waals surface area contributed by atoms with Crippen molar-refractivity contribution in [2.24, 2.45) is 12.5 Å². The molecule has 1 spiro atoms. The number of rotatable bonds is 6. The van der Waals surface area contributed by atoms with Crippen LogP contribution in [0.4, 0.5) is 35.5 Å². The molecule has 1 saturated heterocycles. The van der Waals surface area contributed by atoms with Crippen molar-refractivity contribution >= 4 is 46.4 Å². The van der Waals surface area contributed by atoms with E-state index in [2.05, 4.69) is 25.4 Å². The van der Waals surface area contributed by atoms with Crippen LogP contribution >= 0.6 is 11.6 Å². The van der Waals surface area contributed by atoms with Gasteiger partial charge in [-0.15, -0.1) is 0 Å². The Morgan fingerprint density at radius 2 is 2.05 bits per heavy atom. The second-order valence-corrected chi connectivity index (χ2v) is 10.3. The average molecular weight is 579 g/mol. The fourth-order valence-electron chi connectivity index (χ4n) is 4.97. The molecular weight excluding hydrogens is 557 g/mol. The molecule has 1 saturated carbocycles. The van der Waals surface area contributed by atoms with Crippen molar-refractivity contribution in [3.05, 3.63) is 41.3 Å². The van der Waals surface area contributed by atoms with Crippen molar-refractivity contribution in [2.75, 3.05) is 30.5 Å². The molecule has 0 aromatic carbocycles. The van der Waals surface area contributed by atoms with E-state index in [1.165, 1.54) is 36.1 Å². The molecule has 6 rings (SSSR count). The SMILES string of the molecule is CN(C(=O)O)c1cc(Oc2cnc3nc(Nc4cc(C(F)(F)F)n(C5CC6(COC6)C5)n4)n(C)c3c2Cl)ccn1. The Balaban J connectivity index is 1.27. The van der Waals surface area contributed by atoms with E-state index in [0.717, 1.165) is 15.6 Å². The first kappa shape index (κ1) is 26.1. The molecule has 2 aliphatic rings. The number of alkyl halides is 3. The van der Waals surface area contributed by atoms with Crippen LogP contribution in [0.1, 0.15) is 24.6 Å². The number of carboxylic acid groups (broad SMARTS) is 1. The van der Waals surface area contributed by atoms with E-state index in [4.69, 9.17) is 21.1 Å². The van der Waals surface area contributed by atoms with Gasteiger partial charge >= 0.3 is 12.3 Å². The van der Waals surface area contributed by atoms with E-state index in [1.54, 1.807) is 7.05 Å². The highest BCUT2D eigenvalue weighted by Crippen LogP contribution is 2.54. The first-order valence-corrected chi connectivity index (χ1v) is 12.4. The zero-order valence-corrected chi connectivity index (χ0v) is 21.9. The Morgan fingerprint density at radius 3 is 2.70 bits per heavy atom. The number of halogens is 4. The molecule has 0 atom stereocenters. The molecule has 40 heavy (non-hydrogen) atoms. The molecule has 0 radical (unpaired) electrons. The molecule has 2 N–H and O–H groups in total. The van der Waals surface area contributed by atoms with Gasteiger partial charge < -0.3 is 24.5 Å².